The highest BCUT2D eigenvalue weighted by atomic mass is 16.4. The smallest absolute Gasteiger partial charge is 0.317 e. The lowest BCUT2D eigenvalue weighted by molar-refractivity contribution is -0.136. The highest BCUT2D eigenvalue weighted by molar-refractivity contribution is 5.78. The van der Waals surface area contributed by atoms with E-state index in [2.05, 4.69) is 5.32 Å². The second kappa shape index (κ2) is 4.71. The van der Waals surface area contributed by atoms with Crippen molar-refractivity contribution in [3.8, 4) is 0 Å². The van der Waals surface area contributed by atoms with Gasteiger partial charge >= 0.3 is 5.97 Å². The predicted octanol–water partition coefficient (Wildman–Crippen LogP) is -2.35. The number of nitrogens with one attached hydrogen (secondary N) is 2. The Hall–Kier alpha value is -1.14. The quantitative estimate of drug-likeness (QED) is 0.202. The van der Waals surface area contributed by atoms with Crippen molar-refractivity contribution >= 4 is 11.9 Å². The number of carboxylic acid groups (broad SMARTS) is 1. The summed E-state index contributed by atoms with van der Waals surface area (Å²) >= 11 is 0. The van der Waals surface area contributed by atoms with E-state index in [0.29, 0.717) is 0 Å². The Labute approximate surface area is 57.4 Å². The standard InChI is InChI=1S/C4H9N3O3/c5-7-3(8)1-6-2-4(9)10/h6H,1-2,5H2,(H,7,8)(H,9,10). The minimum atomic E-state index is -1.01. The van der Waals surface area contributed by atoms with Crippen LogP contribution in [-0.4, -0.2) is 30.1 Å². The van der Waals surface area contributed by atoms with E-state index in [0.717, 1.165) is 0 Å². The van der Waals surface area contributed by atoms with Crippen LogP contribution in [0.25, 0.3) is 0 Å². The zero-order chi connectivity index (χ0) is 7.98. The lowest BCUT2D eigenvalue weighted by Crippen LogP contribution is -2.39. The Balaban J connectivity index is 3.20. The predicted molar refractivity (Wildman–Crippen MR) is 32.8 cm³/mol. The molecule has 1 amide bonds. The molecule has 0 aliphatic rings. The topological polar surface area (TPSA) is 104 Å². The molecule has 0 heterocycles. The number of carbonyl (C=O) groups is 2. The van der Waals surface area contributed by atoms with Gasteiger partial charge in [0.05, 0.1) is 13.1 Å². The Morgan fingerprint density at radius 2 is 2.00 bits per heavy atom. The number of hydrazine groups is 1. The lowest BCUT2D eigenvalue weighted by Gasteiger charge is -1.98. The number of aliphatic carboxylic acids is 1. The van der Waals surface area contributed by atoms with Crippen LogP contribution < -0.4 is 16.6 Å². The van der Waals surface area contributed by atoms with Crippen LogP contribution in [0, 0.1) is 0 Å². The average molecular weight is 147 g/mol. The van der Waals surface area contributed by atoms with Gasteiger partial charge in [-0.1, -0.05) is 0 Å². The summed E-state index contributed by atoms with van der Waals surface area (Å²) in [6.07, 6.45) is 0. The molecule has 0 saturated heterocycles. The highest BCUT2D eigenvalue weighted by Crippen LogP contribution is 1.60. The number of carboxylic acids is 1. The van der Waals surface area contributed by atoms with Gasteiger partial charge in [0.1, 0.15) is 0 Å². The Kier molecular flexibility index (Phi) is 4.17. The second-order valence-electron chi connectivity index (χ2n) is 1.56. The van der Waals surface area contributed by atoms with Crippen molar-refractivity contribution in [3.63, 3.8) is 0 Å². The first-order valence-electron chi connectivity index (χ1n) is 2.58. The van der Waals surface area contributed by atoms with E-state index < -0.39 is 11.9 Å². The second-order valence-corrected chi connectivity index (χ2v) is 1.56. The van der Waals surface area contributed by atoms with Crippen LogP contribution in [0.4, 0.5) is 0 Å². The van der Waals surface area contributed by atoms with Crippen molar-refractivity contribution in [3.05, 3.63) is 0 Å². The molecule has 10 heavy (non-hydrogen) atoms. The van der Waals surface area contributed by atoms with Gasteiger partial charge in [-0.25, -0.2) is 5.84 Å². The van der Waals surface area contributed by atoms with Crippen LogP contribution in [-0.2, 0) is 9.59 Å². The fourth-order valence-electron chi connectivity index (χ4n) is 0.334. The zero-order valence-electron chi connectivity index (χ0n) is 5.26. The first-order chi connectivity index (χ1) is 4.66. The molecule has 6 heteroatoms. The van der Waals surface area contributed by atoms with E-state index in [-0.39, 0.29) is 13.1 Å². The Bertz CT molecular complexity index is 136. The van der Waals surface area contributed by atoms with Gasteiger partial charge in [-0.15, -0.1) is 0 Å². The van der Waals surface area contributed by atoms with E-state index in [1.807, 2.05) is 5.43 Å². The molecule has 0 aromatic rings. The van der Waals surface area contributed by atoms with Crippen LogP contribution in [0.1, 0.15) is 0 Å². The molecule has 0 unspecified atom stereocenters. The molecule has 0 radical (unpaired) electrons. The molecule has 0 aliphatic heterocycles. The molecule has 0 bridgehead atoms. The van der Waals surface area contributed by atoms with E-state index in [1.54, 1.807) is 0 Å². The largest absolute Gasteiger partial charge is 0.480 e. The minimum absolute atomic E-state index is 0.0806. The molecule has 0 spiro atoms. The molecule has 0 fully saturated rings. The number of hydrogen-bond acceptors (Lipinski definition) is 4. The van der Waals surface area contributed by atoms with Crippen LogP contribution in [0.3, 0.4) is 0 Å². The van der Waals surface area contributed by atoms with Gasteiger partial charge in [0.15, 0.2) is 0 Å². The monoisotopic (exact) mass is 147 g/mol. The van der Waals surface area contributed by atoms with Crippen LogP contribution in [0.2, 0.25) is 0 Å². The number of rotatable bonds is 4. The molecule has 0 aliphatic carbocycles. The van der Waals surface area contributed by atoms with E-state index in [4.69, 9.17) is 10.9 Å². The molecule has 0 saturated carbocycles. The normalized spacial score (nSPS) is 8.90. The van der Waals surface area contributed by atoms with Gasteiger partial charge in [0.2, 0.25) is 5.91 Å². The van der Waals surface area contributed by atoms with Gasteiger partial charge in [-0.3, -0.25) is 20.3 Å². The van der Waals surface area contributed by atoms with Crippen LogP contribution >= 0.6 is 0 Å². The number of amides is 1. The number of hydrogen-bond donors (Lipinski definition) is 4. The third kappa shape index (κ3) is 5.01. The van der Waals surface area contributed by atoms with Crippen LogP contribution in [0.5, 0.6) is 0 Å². The van der Waals surface area contributed by atoms with Gasteiger partial charge in [-0.2, -0.15) is 0 Å². The minimum Gasteiger partial charge on any atom is -0.480 e. The summed E-state index contributed by atoms with van der Waals surface area (Å²) in [6, 6.07) is 0. The van der Waals surface area contributed by atoms with Gasteiger partial charge in [0.25, 0.3) is 0 Å². The highest BCUT2D eigenvalue weighted by Gasteiger charge is 1.98. The summed E-state index contributed by atoms with van der Waals surface area (Å²) < 4.78 is 0. The molecule has 0 aromatic heterocycles. The van der Waals surface area contributed by atoms with Crippen molar-refractivity contribution in [1.82, 2.24) is 10.7 Å². The zero-order valence-corrected chi connectivity index (χ0v) is 5.26. The third-order valence-corrected chi connectivity index (χ3v) is 0.723. The number of carbonyl (C=O) groups excluding carboxylic acids is 1. The summed E-state index contributed by atoms with van der Waals surface area (Å²) in [4.78, 5) is 20.1. The first kappa shape index (κ1) is 8.86. The van der Waals surface area contributed by atoms with Crippen molar-refractivity contribution in [2.24, 2.45) is 5.84 Å². The average Bonchev–Trinajstić information content (AvgIpc) is 1.87. The fourth-order valence-corrected chi connectivity index (χ4v) is 0.334. The molecule has 58 valence electrons. The van der Waals surface area contributed by atoms with E-state index in [9.17, 15) is 9.59 Å². The summed E-state index contributed by atoms with van der Waals surface area (Å²) in [5.74, 6) is 3.25. The molecular weight excluding hydrogens is 138 g/mol. The summed E-state index contributed by atoms with van der Waals surface area (Å²) in [5, 5.41) is 10.4. The van der Waals surface area contributed by atoms with Crippen molar-refractivity contribution < 1.29 is 14.7 Å². The van der Waals surface area contributed by atoms with Crippen molar-refractivity contribution in [2.45, 2.75) is 0 Å². The maximum Gasteiger partial charge on any atom is 0.317 e. The lowest BCUT2D eigenvalue weighted by atomic mass is 10.5. The van der Waals surface area contributed by atoms with Gasteiger partial charge in [0, 0.05) is 0 Å². The molecule has 0 aromatic carbocycles. The third-order valence-electron chi connectivity index (χ3n) is 0.723. The van der Waals surface area contributed by atoms with Gasteiger partial charge < -0.3 is 5.11 Å². The van der Waals surface area contributed by atoms with Crippen molar-refractivity contribution in [2.75, 3.05) is 13.1 Å². The summed E-state index contributed by atoms with van der Waals surface area (Å²) in [6.45, 7) is -0.323. The molecular formula is C4H9N3O3. The molecule has 5 N–H and O–H groups in total. The number of nitrogens with two attached hydrogens (primary N) is 1. The maximum atomic E-state index is 10.3. The molecule has 6 nitrogen and oxygen atoms in total. The van der Waals surface area contributed by atoms with Gasteiger partial charge in [-0.05, 0) is 0 Å². The SMILES string of the molecule is NNC(=O)CNCC(=O)O. The van der Waals surface area contributed by atoms with E-state index >= 15 is 0 Å². The summed E-state index contributed by atoms with van der Waals surface area (Å²) in [7, 11) is 0. The Morgan fingerprint density at radius 3 is 2.40 bits per heavy atom. The first-order valence-corrected chi connectivity index (χ1v) is 2.58. The summed E-state index contributed by atoms with van der Waals surface area (Å²) in [5.41, 5.74) is 1.84. The molecule has 0 rings (SSSR count). The van der Waals surface area contributed by atoms with Crippen molar-refractivity contribution in [1.29, 1.82) is 0 Å². The maximum absolute atomic E-state index is 10.3. The van der Waals surface area contributed by atoms with Crippen LogP contribution in [0.15, 0.2) is 0 Å². The molecule has 0 atom stereocenters. The van der Waals surface area contributed by atoms with E-state index in [1.165, 1.54) is 0 Å². The fraction of sp³-hybridized carbons (Fsp3) is 0.500. The Morgan fingerprint density at radius 1 is 1.40 bits per heavy atom.